The Labute approximate surface area is 136 Å². The fourth-order valence-corrected chi connectivity index (χ4v) is 2.91. The van der Waals surface area contributed by atoms with Gasteiger partial charge in [-0.2, -0.15) is 0 Å². The van der Waals surface area contributed by atoms with E-state index in [1.165, 1.54) is 0 Å². The Morgan fingerprint density at radius 2 is 2.26 bits per heavy atom. The molecule has 1 atom stereocenters. The minimum Gasteiger partial charge on any atom is -0.382 e. The number of carbonyl (C=O) groups is 1. The average Bonchev–Trinajstić information content (AvgIpc) is 3.10. The van der Waals surface area contributed by atoms with Crippen LogP contribution in [0.2, 0.25) is 0 Å². The van der Waals surface area contributed by atoms with E-state index in [2.05, 4.69) is 10.1 Å². The van der Waals surface area contributed by atoms with Crippen LogP contribution in [0.1, 0.15) is 38.2 Å². The van der Waals surface area contributed by atoms with Gasteiger partial charge in [0.1, 0.15) is 0 Å². The van der Waals surface area contributed by atoms with Crippen molar-refractivity contribution in [2.75, 3.05) is 13.1 Å². The molecule has 1 aromatic rings. The number of likely N-dealkylation sites (tertiary alicyclic amines) is 1. The third-order valence-corrected chi connectivity index (χ3v) is 4.38. The zero-order valence-electron chi connectivity index (χ0n) is 13.5. The maximum absolute atomic E-state index is 12.4. The second-order valence-electron chi connectivity index (χ2n) is 6.01. The topological polar surface area (TPSA) is 64.0 Å². The molecule has 1 fully saturated rings. The monoisotopic (exact) mass is 317 g/mol. The molecule has 1 unspecified atom stereocenters. The zero-order chi connectivity index (χ0) is 16.1. The van der Waals surface area contributed by atoms with Crippen molar-refractivity contribution in [1.82, 2.24) is 9.88 Å². The summed E-state index contributed by atoms with van der Waals surface area (Å²) in [5.41, 5.74) is 2.05. The van der Waals surface area contributed by atoms with Crippen molar-refractivity contribution < 1.29 is 14.4 Å². The summed E-state index contributed by atoms with van der Waals surface area (Å²) in [6.07, 6.45) is 6.55. The predicted molar refractivity (Wildman–Crippen MR) is 85.8 cm³/mol. The number of carbonyl (C=O) groups excluding carboxylic acids is 1. The molecule has 0 bridgehead atoms. The van der Waals surface area contributed by atoms with Crippen LogP contribution in [0.15, 0.2) is 29.7 Å². The lowest BCUT2D eigenvalue weighted by atomic mass is 10.1. The Morgan fingerprint density at radius 1 is 1.43 bits per heavy atom. The quantitative estimate of drug-likeness (QED) is 0.834. The maximum atomic E-state index is 12.4. The lowest BCUT2D eigenvalue weighted by Gasteiger charge is -2.32. The molecular formula is C17H23N3O3. The molecule has 0 N–H and O–H groups in total. The number of aromatic nitrogens is 1. The van der Waals surface area contributed by atoms with E-state index in [0.29, 0.717) is 13.0 Å². The number of ether oxygens (including phenoxy) is 1. The van der Waals surface area contributed by atoms with Gasteiger partial charge < -0.3 is 14.5 Å². The molecule has 6 nitrogen and oxygen atoms in total. The highest BCUT2D eigenvalue weighted by Gasteiger charge is 2.33. The van der Waals surface area contributed by atoms with Crippen LogP contribution in [0.3, 0.4) is 0 Å². The first-order chi connectivity index (χ1) is 11.3. The van der Waals surface area contributed by atoms with E-state index in [1.54, 1.807) is 6.20 Å². The van der Waals surface area contributed by atoms with Crippen molar-refractivity contribution in [3.8, 4) is 0 Å². The average molecular weight is 317 g/mol. The molecule has 0 spiro atoms. The van der Waals surface area contributed by atoms with Crippen molar-refractivity contribution in [2.24, 2.45) is 5.16 Å². The van der Waals surface area contributed by atoms with Crippen molar-refractivity contribution in [3.05, 3.63) is 30.1 Å². The summed E-state index contributed by atoms with van der Waals surface area (Å²) in [7, 11) is 0. The molecule has 0 radical (unpaired) electrons. The van der Waals surface area contributed by atoms with Crippen molar-refractivity contribution in [3.63, 3.8) is 0 Å². The zero-order valence-corrected chi connectivity index (χ0v) is 13.5. The highest BCUT2D eigenvalue weighted by atomic mass is 16.6. The molecule has 124 valence electrons. The van der Waals surface area contributed by atoms with E-state index >= 15 is 0 Å². The number of oxime groups is 1. The Hall–Kier alpha value is -1.95. The van der Waals surface area contributed by atoms with Crippen LogP contribution in [0.4, 0.5) is 0 Å². The minimum atomic E-state index is -0.419. The fraction of sp³-hybridized carbons (Fsp3) is 0.588. The van der Waals surface area contributed by atoms with Gasteiger partial charge in [-0.3, -0.25) is 9.78 Å². The van der Waals surface area contributed by atoms with Gasteiger partial charge in [-0.25, -0.2) is 0 Å². The van der Waals surface area contributed by atoms with Gasteiger partial charge in [-0.05, 0) is 30.9 Å². The molecule has 1 aromatic heterocycles. The van der Waals surface area contributed by atoms with Crippen LogP contribution >= 0.6 is 0 Å². The molecule has 3 heterocycles. The summed E-state index contributed by atoms with van der Waals surface area (Å²) < 4.78 is 5.93. The van der Waals surface area contributed by atoms with E-state index in [9.17, 15) is 4.79 Å². The predicted octanol–water partition coefficient (Wildman–Crippen LogP) is 2.14. The number of pyridine rings is 1. The van der Waals surface area contributed by atoms with E-state index in [-0.39, 0.29) is 12.0 Å². The minimum absolute atomic E-state index is 0.0582. The smallest absolute Gasteiger partial charge is 0.266 e. The molecule has 1 amide bonds. The van der Waals surface area contributed by atoms with Gasteiger partial charge in [0.15, 0.2) is 0 Å². The third-order valence-electron chi connectivity index (χ3n) is 4.38. The van der Waals surface area contributed by atoms with Gasteiger partial charge in [-0.15, -0.1) is 0 Å². The lowest BCUT2D eigenvalue weighted by molar-refractivity contribution is -0.144. The van der Waals surface area contributed by atoms with E-state index in [4.69, 9.17) is 9.57 Å². The first-order valence-corrected chi connectivity index (χ1v) is 8.27. The number of amides is 1. The molecule has 2 aliphatic rings. The first kappa shape index (κ1) is 15.9. The number of hydrogen-bond donors (Lipinski definition) is 0. The molecule has 0 aromatic carbocycles. The molecule has 6 heteroatoms. The Bertz CT molecular complexity index is 553. The summed E-state index contributed by atoms with van der Waals surface area (Å²) >= 11 is 0. The molecule has 0 saturated carbocycles. The SMILES string of the molecule is CCC1=NOC(C(=O)N2CCC(OCc3cccnc3)CC2)C1. The summed E-state index contributed by atoms with van der Waals surface area (Å²) in [6.45, 7) is 4.04. The molecule has 3 rings (SSSR count). The van der Waals surface area contributed by atoms with Crippen LogP contribution in [0.5, 0.6) is 0 Å². The third kappa shape index (κ3) is 4.07. The van der Waals surface area contributed by atoms with Crippen molar-refractivity contribution >= 4 is 11.6 Å². The highest BCUT2D eigenvalue weighted by molar-refractivity contribution is 5.92. The van der Waals surface area contributed by atoms with Crippen LogP contribution in [0.25, 0.3) is 0 Å². The van der Waals surface area contributed by atoms with E-state index < -0.39 is 6.10 Å². The number of rotatable bonds is 5. The number of hydrogen-bond acceptors (Lipinski definition) is 5. The molecular weight excluding hydrogens is 294 g/mol. The van der Waals surface area contributed by atoms with Gasteiger partial charge >= 0.3 is 0 Å². The van der Waals surface area contributed by atoms with E-state index in [1.807, 2.05) is 30.2 Å². The summed E-state index contributed by atoms with van der Waals surface area (Å²) in [5.74, 6) is 0.0582. The summed E-state index contributed by atoms with van der Waals surface area (Å²) in [6, 6.07) is 3.92. The first-order valence-electron chi connectivity index (χ1n) is 8.27. The Morgan fingerprint density at radius 3 is 2.91 bits per heavy atom. The van der Waals surface area contributed by atoms with Crippen LogP contribution in [-0.4, -0.2) is 46.8 Å². The van der Waals surface area contributed by atoms with Gasteiger partial charge in [-0.1, -0.05) is 18.1 Å². The van der Waals surface area contributed by atoms with Gasteiger partial charge in [0.2, 0.25) is 6.10 Å². The molecule has 1 saturated heterocycles. The largest absolute Gasteiger partial charge is 0.382 e. The van der Waals surface area contributed by atoms with Crippen molar-refractivity contribution in [2.45, 2.75) is 51.4 Å². The summed E-state index contributed by atoms with van der Waals surface area (Å²) in [5, 5.41) is 3.97. The number of piperidine rings is 1. The lowest BCUT2D eigenvalue weighted by Crippen LogP contribution is -2.45. The Balaban J connectivity index is 1.41. The second kappa shape index (κ2) is 7.55. The molecule has 2 aliphatic heterocycles. The van der Waals surface area contributed by atoms with E-state index in [0.717, 1.165) is 43.6 Å². The molecule has 23 heavy (non-hydrogen) atoms. The standard InChI is InChI=1S/C17H23N3O3/c1-2-14-10-16(23-19-14)17(21)20-8-5-15(6-9-20)22-12-13-4-3-7-18-11-13/h3-4,7,11,15-16H,2,5-6,8-10,12H2,1H3. The van der Waals surface area contributed by atoms with Gasteiger partial charge in [0.05, 0.1) is 18.4 Å². The van der Waals surface area contributed by atoms with Crippen LogP contribution in [-0.2, 0) is 21.0 Å². The summed E-state index contributed by atoms with van der Waals surface area (Å²) in [4.78, 5) is 23.6. The van der Waals surface area contributed by atoms with Crippen LogP contribution in [0, 0.1) is 0 Å². The normalized spacial score (nSPS) is 21.9. The molecule has 0 aliphatic carbocycles. The fourth-order valence-electron chi connectivity index (χ4n) is 2.91. The van der Waals surface area contributed by atoms with Gasteiger partial charge in [0, 0.05) is 31.9 Å². The Kier molecular flexibility index (Phi) is 5.23. The van der Waals surface area contributed by atoms with Gasteiger partial charge in [0.25, 0.3) is 5.91 Å². The highest BCUT2D eigenvalue weighted by Crippen LogP contribution is 2.20. The van der Waals surface area contributed by atoms with Crippen LogP contribution < -0.4 is 0 Å². The van der Waals surface area contributed by atoms with Crippen molar-refractivity contribution in [1.29, 1.82) is 0 Å². The number of nitrogens with zero attached hydrogens (tertiary/aromatic N) is 3. The second-order valence-corrected chi connectivity index (χ2v) is 6.01. The maximum Gasteiger partial charge on any atom is 0.266 e.